The molecule has 2 rings (SSSR count). The standard InChI is InChI=1S/C14H13NO3/c1-2-3-8-18-13-9-12(14(16)17)15-11-7-5-4-6-10(11)13/h2-7,9H,8H2,1H3,(H,16,17). The third-order valence-electron chi connectivity index (χ3n) is 2.47. The molecule has 2 aromatic rings. The van der Waals surface area contributed by atoms with E-state index in [-0.39, 0.29) is 5.69 Å². The zero-order valence-electron chi connectivity index (χ0n) is 9.96. The third kappa shape index (κ3) is 2.48. The lowest BCUT2D eigenvalue weighted by Crippen LogP contribution is -2.03. The largest absolute Gasteiger partial charge is 0.489 e. The Morgan fingerprint density at radius 2 is 2.22 bits per heavy atom. The first-order valence-electron chi connectivity index (χ1n) is 5.59. The molecule has 0 atom stereocenters. The van der Waals surface area contributed by atoms with Crippen molar-refractivity contribution in [1.29, 1.82) is 0 Å². The number of hydrogen-bond donors (Lipinski definition) is 1. The molecule has 1 aromatic heterocycles. The van der Waals surface area contributed by atoms with Gasteiger partial charge in [0.25, 0.3) is 0 Å². The Bertz CT molecular complexity index is 605. The van der Waals surface area contributed by atoms with E-state index in [1.54, 1.807) is 6.07 Å². The van der Waals surface area contributed by atoms with E-state index in [2.05, 4.69) is 4.98 Å². The second kappa shape index (κ2) is 5.31. The number of rotatable bonds is 4. The first-order chi connectivity index (χ1) is 8.72. The minimum Gasteiger partial charge on any atom is -0.489 e. The lowest BCUT2D eigenvalue weighted by atomic mass is 10.2. The molecule has 1 aromatic carbocycles. The van der Waals surface area contributed by atoms with Crippen LogP contribution in [0, 0.1) is 0 Å². The highest BCUT2D eigenvalue weighted by atomic mass is 16.5. The number of allylic oxidation sites excluding steroid dienone is 1. The van der Waals surface area contributed by atoms with Crippen LogP contribution in [0.25, 0.3) is 10.9 Å². The fraction of sp³-hybridized carbons (Fsp3) is 0.143. The number of pyridine rings is 1. The molecular formula is C14H13NO3. The predicted molar refractivity (Wildman–Crippen MR) is 69.0 cm³/mol. The van der Waals surface area contributed by atoms with Crippen molar-refractivity contribution in [3.8, 4) is 5.75 Å². The quantitative estimate of drug-likeness (QED) is 0.839. The first kappa shape index (κ1) is 12.1. The molecular weight excluding hydrogens is 230 g/mol. The third-order valence-corrected chi connectivity index (χ3v) is 2.47. The normalized spacial score (nSPS) is 10.9. The van der Waals surface area contributed by atoms with Crippen LogP contribution in [0.5, 0.6) is 5.75 Å². The zero-order valence-corrected chi connectivity index (χ0v) is 9.96. The molecule has 92 valence electrons. The van der Waals surface area contributed by atoms with Crippen molar-refractivity contribution in [3.63, 3.8) is 0 Å². The number of nitrogens with zero attached hydrogens (tertiary/aromatic N) is 1. The molecule has 0 aliphatic carbocycles. The molecule has 0 aliphatic rings. The predicted octanol–water partition coefficient (Wildman–Crippen LogP) is 2.89. The minimum atomic E-state index is -1.06. The highest BCUT2D eigenvalue weighted by Crippen LogP contribution is 2.25. The van der Waals surface area contributed by atoms with E-state index in [4.69, 9.17) is 9.84 Å². The topological polar surface area (TPSA) is 59.4 Å². The average molecular weight is 243 g/mol. The molecule has 0 amide bonds. The van der Waals surface area contributed by atoms with Crippen molar-refractivity contribution in [3.05, 3.63) is 48.2 Å². The van der Waals surface area contributed by atoms with Crippen LogP contribution >= 0.6 is 0 Å². The Labute approximate surface area is 105 Å². The van der Waals surface area contributed by atoms with Crippen molar-refractivity contribution >= 4 is 16.9 Å². The highest BCUT2D eigenvalue weighted by molar-refractivity contribution is 5.93. The van der Waals surface area contributed by atoms with E-state index >= 15 is 0 Å². The van der Waals surface area contributed by atoms with Crippen LogP contribution in [-0.2, 0) is 0 Å². The number of aromatic carboxylic acids is 1. The molecule has 0 radical (unpaired) electrons. The lowest BCUT2D eigenvalue weighted by Gasteiger charge is -2.08. The maximum Gasteiger partial charge on any atom is 0.354 e. The monoisotopic (exact) mass is 243 g/mol. The van der Waals surface area contributed by atoms with Crippen molar-refractivity contribution in [2.75, 3.05) is 6.61 Å². The van der Waals surface area contributed by atoms with E-state index in [1.165, 1.54) is 6.07 Å². The van der Waals surface area contributed by atoms with E-state index in [0.29, 0.717) is 17.9 Å². The molecule has 1 heterocycles. The summed E-state index contributed by atoms with van der Waals surface area (Å²) >= 11 is 0. The number of ether oxygens (including phenoxy) is 1. The van der Waals surface area contributed by atoms with Gasteiger partial charge in [0.2, 0.25) is 0 Å². The van der Waals surface area contributed by atoms with Gasteiger partial charge in [0.1, 0.15) is 12.4 Å². The molecule has 4 nitrogen and oxygen atoms in total. The number of carboxylic acids is 1. The highest BCUT2D eigenvalue weighted by Gasteiger charge is 2.11. The summed E-state index contributed by atoms with van der Waals surface area (Å²) in [5, 5.41) is 9.82. The summed E-state index contributed by atoms with van der Waals surface area (Å²) in [7, 11) is 0. The van der Waals surface area contributed by atoms with Crippen molar-refractivity contribution < 1.29 is 14.6 Å². The van der Waals surface area contributed by atoms with Gasteiger partial charge in [0.05, 0.1) is 5.52 Å². The van der Waals surface area contributed by atoms with Crippen LogP contribution in [-0.4, -0.2) is 22.7 Å². The number of hydrogen-bond acceptors (Lipinski definition) is 3. The molecule has 0 spiro atoms. The zero-order chi connectivity index (χ0) is 13.0. The Kier molecular flexibility index (Phi) is 3.57. The van der Waals surface area contributed by atoms with Gasteiger partial charge in [-0.1, -0.05) is 24.3 Å². The molecule has 0 unspecified atom stereocenters. The fourth-order valence-corrected chi connectivity index (χ4v) is 1.61. The maximum absolute atomic E-state index is 11.0. The molecule has 0 bridgehead atoms. The Morgan fingerprint density at radius 3 is 2.94 bits per heavy atom. The Hall–Kier alpha value is -2.36. The van der Waals surface area contributed by atoms with E-state index < -0.39 is 5.97 Å². The number of aromatic nitrogens is 1. The van der Waals surface area contributed by atoms with Crippen LogP contribution in [0.4, 0.5) is 0 Å². The first-order valence-corrected chi connectivity index (χ1v) is 5.59. The summed E-state index contributed by atoms with van der Waals surface area (Å²) in [6.07, 6.45) is 3.73. The van der Waals surface area contributed by atoms with Crippen LogP contribution in [0.3, 0.4) is 0 Å². The smallest absolute Gasteiger partial charge is 0.354 e. The van der Waals surface area contributed by atoms with Crippen molar-refractivity contribution in [2.45, 2.75) is 6.92 Å². The van der Waals surface area contributed by atoms with Gasteiger partial charge in [-0.15, -0.1) is 0 Å². The van der Waals surface area contributed by atoms with E-state index in [9.17, 15) is 4.79 Å². The lowest BCUT2D eigenvalue weighted by molar-refractivity contribution is 0.0690. The van der Waals surface area contributed by atoms with Crippen LogP contribution in [0.15, 0.2) is 42.5 Å². The number of para-hydroxylation sites is 1. The van der Waals surface area contributed by atoms with E-state index in [1.807, 2.05) is 37.3 Å². The second-order valence-corrected chi connectivity index (χ2v) is 3.71. The molecule has 4 heteroatoms. The van der Waals surface area contributed by atoms with Gasteiger partial charge < -0.3 is 9.84 Å². The molecule has 1 N–H and O–H groups in total. The summed E-state index contributed by atoms with van der Waals surface area (Å²) < 4.78 is 5.56. The molecule has 0 aliphatic heterocycles. The number of benzene rings is 1. The average Bonchev–Trinajstić information content (AvgIpc) is 2.38. The fourth-order valence-electron chi connectivity index (χ4n) is 1.61. The van der Waals surface area contributed by atoms with E-state index in [0.717, 1.165) is 5.39 Å². The molecule has 0 saturated carbocycles. The van der Waals surface area contributed by atoms with Crippen molar-refractivity contribution in [2.24, 2.45) is 0 Å². The van der Waals surface area contributed by atoms with Gasteiger partial charge in [-0.05, 0) is 19.1 Å². The minimum absolute atomic E-state index is 0.0100. The number of carbonyl (C=O) groups is 1. The van der Waals surface area contributed by atoms with Crippen LogP contribution in [0.2, 0.25) is 0 Å². The molecule has 18 heavy (non-hydrogen) atoms. The second-order valence-electron chi connectivity index (χ2n) is 3.71. The van der Waals surface area contributed by atoms with Crippen LogP contribution in [0.1, 0.15) is 17.4 Å². The number of carboxylic acid groups (broad SMARTS) is 1. The summed E-state index contributed by atoms with van der Waals surface area (Å²) in [6, 6.07) is 8.76. The Morgan fingerprint density at radius 1 is 1.44 bits per heavy atom. The van der Waals surface area contributed by atoms with Gasteiger partial charge in [-0.25, -0.2) is 9.78 Å². The van der Waals surface area contributed by atoms with Crippen molar-refractivity contribution in [1.82, 2.24) is 4.98 Å². The van der Waals surface area contributed by atoms with Gasteiger partial charge >= 0.3 is 5.97 Å². The van der Waals surface area contributed by atoms with Gasteiger partial charge in [0, 0.05) is 11.5 Å². The SMILES string of the molecule is CC=CCOc1cc(C(=O)O)nc2ccccc12. The summed E-state index contributed by atoms with van der Waals surface area (Å²) in [6.45, 7) is 2.31. The summed E-state index contributed by atoms with van der Waals surface area (Å²) in [5.41, 5.74) is 0.608. The number of fused-ring (bicyclic) bond motifs is 1. The summed E-state index contributed by atoms with van der Waals surface area (Å²) in [5.74, 6) is -0.521. The molecule has 0 saturated heterocycles. The summed E-state index contributed by atoms with van der Waals surface area (Å²) in [4.78, 5) is 15.1. The molecule has 0 fully saturated rings. The van der Waals surface area contributed by atoms with Gasteiger partial charge in [-0.2, -0.15) is 0 Å². The van der Waals surface area contributed by atoms with Gasteiger partial charge in [-0.3, -0.25) is 0 Å². The Balaban J connectivity index is 2.50. The van der Waals surface area contributed by atoms with Gasteiger partial charge in [0.15, 0.2) is 5.69 Å². The maximum atomic E-state index is 11.0. The van der Waals surface area contributed by atoms with Crippen LogP contribution < -0.4 is 4.74 Å².